The van der Waals surface area contributed by atoms with Crippen molar-refractivity contribution in [3.05, 3.63) is 42.0 Å². The molecule has 154 valence electrons. The predicted molar refractivity (Wildman–Crippen MR) is 107 cm³/mol. The van der Waals surface area contributed by atoms with Crippen molar-refractivity contribution in [1.82, 2.24) is 14.9 Å². The molecule has 2 aromatic rings. The summed E-state index contributed by atoms with van der Waals surface area (Å²) in [6.07, 6.45) is 4.60. The van der Waals surface area contributed by atoms with Crippen molar-refractivity contribution >= 4 is 29.1 Å². The van der Waals surface area contributed by atoms with E-state index in [2.05, 4.69) is 21.4 Å². The van der Waals surface area contributed by atoms with Gasteiger partial charge in [-0.25, -0.2) is 14.4 Å². The van der Waals surface area contributed by atoms with Gasteiger partial charge in [0.2, 0.25) is 5.91 Å². The fourth-order valence-electron chi connectivity index (χ4n) is 3.80. The molecule has 3 heterocycles. The van der Waals surface area contributed by atoms with Crippen LogP contribution in [0, 0.1) is 28.5 Å². The third-order valence-electron chi connectivity index (χ3n) is 5.63. The summed E-state index contributed by atoms with van der Waals surface area (Å²) in [7, 11) is 3.31. The first-order valence-corrected chi connectivity index (χ1v) is 9.69. The molecule has 8 nitrogen and oxygen atoms in total. The number of hydrogen-bond donors (Lipinski definition) is 1. The van der Waals surface area contributed by atoms with Crippen molar-refractivity contribution in [2.45, 2.75) is 19.3 Å². The number of nitrogens with zero attached hydrogens (tertiary/aromatic N) is 5. The smallest absolute Gasteiger partial charge is 0.254 e. The van der Waals surface area contributed by atoms with Crippen molar-refractivity contribution in [1.29, 1.82) is 5.26 Å². The highest BCUT2D eigenvalue weighted by molar-refractivity contribution is 6.02. The standard InChI is InChI=1S/C21H21FN6O2/c1-27(2)19(29)13-3-6-17(24-10-13)26-18-9-16(15(22)11-25-18)28-8-7-21(12-23,20(28)30)14-4-5-14/h3,6,9-11,14H,4-5,7-8H2,1-2H3,(H,24,25,26)/t21-/m1/s1. The third-order valence-corrected chi connectivity index (χ3v) is 5.63. The quantitative estimate of drug-likeness (QED) is 0.816. The summed E-state index contributed by atoms with van der Waals surface area (Å²) in [6, 6.07) is 6.89. The van der Waals surface area contributed by atoms with Crippen LogP contribution in [0.25, 0.3) is 0 Å². The van der Waals surface area contributed by atoms with Crippen molar-refractivity contribution in [3.63, 3.8) is 0 Å². The van der Waals surface area contributed by atoms with E-state index in [-0.39, 0.29) is 23.4 Å². The molecule has 0 unspecified atom stereocenters. The third kappa shape index (κ3) is 3.34. The van der Waals surface area contributed by atoms with E-state index in [9.17, 15) is 19.2 Å². The van der Waals surface area contributed by atoms with E-state index in [0.717, 1.165) is 19.0 Å². The normalized spacial score (nSPS) is 20.7. The average molecular weight is 408 g/mol. The molecular weight excluding hydrogens is 387 g/mol. The van der Waals surface area contributed by atoms with Crippen LogP contribution in [0.5, 0.6) is 0 Å². The number of anilines is 3. The van der Waals surface area contributed by atoms with Crippen LogP contribution in [0.3, 0.4) is 0 Å². The second-order valence-corrected chi connectivity index (χ2v) is 7.84. The highest BCUT2D eigenvalue weighted by Crippen LogP contribution is 2.52. The molecule has 1 aliphatic heterocycles. The predicted octanol–water partition coefficient (Wildman–Crippen LogP) is 2.72. The Kier molecular flexibility index (Phi) is 4.86. The van der Waals surface area contributed by atoms with Crippen molar-refractivity contribution in [2.75, 3.05) is 30.9 Å². The first-order valence-electron chi connectivity index (χ1n) is 9.69. The van der Waals surface area contributed by atoms with E-state index in [1.165, 1.54) is 22.1 Å². The molecule has 0 bridgehead atoms. The molecular formula is C21H21FN6O2. The number of aromatic nitrogens is 2. The maximum atomic E-state index is 14.5. The lowest BCUT2D eigenvalue weighted by atomic mass is 9.83. The highest BCUT2D eigenvalue weighted by atomic mass is 19.1. The molecule has 1 saturated carbocycles. The number of rotatable bonds is 5. The molecule has 2 amide bonds. The second kappa shape index (κ2) is 7.37. The highest BCUT2D eigenvalue weighted by Gasteiger charge is 2.57. The zero-order valence-electron chi connectivity index (χ0n) is 16.7. The van der Waals surface area contributed by atoms with Gasteiger partial charge in [-0.05, 0) is 37.3 Å². The summed E-state index contributed by atoms with van der Waals surface area (Å²) in [5.41, 5.74) is -0.511. The van der Waals surface area contributed by atoms with Crippen LogP contribution in [0.15, 0.2) is 30.6 Å². The van der Waals surface area contributed by atoms with Crippen LogP contribution in [-0.4, -0.2) is 47.3 Å². The van der Waals surface area contributed by atoms with Crippen LogP contribution in [0.2, 0.25) is 0 Å². The zero-order chi connectivity index (χ0) is 21.5. The summed E-state index contributed by atoms with van der Waals surface area (Å²) in [5.74, 6) is -0.339. The first kappa shape index (κ1) is 19.8. The Bertz CT molecular complexity index is 1040. The Labute approximate surface area is 173 Å². The Hall–Kier alpha value is -3.54. The van der Waals surface area contributed by atoms with Crippen molar-refractivity contribution in [2.24, 2.45) is 11.3 Å². The summed E-state index contributed by atoms with van der Waals surface area (Å²) in [5, 5.41) is 12.6. The molecule has 0 spiro atoms. The first-order chi connectivity index (χ1) is 14.4. The van der Waals surface area contributed by atoms with Gasteiger partial charge >= 0.3 is 0 Å². The Morgan fingerprint density at radius 2 is 2.03 bits per heavy atom. The van der Waals surface area contributed by atoms with Gasteiger partial charge in [-0.3, -0.25) is 9.59 Å². The number of amides is 2. The van der Waals surface area contributed by atoms with E-state index < -0.39 is 11.2 Å². The monoisotopic (exact) mass is 408 g/mol. The molecule has 9 heteroatoms. The summed E-state index contributed by atoms with van der Waals surface area (Å²) < 4.78 is 14.5. The van der Waals surface area contributed by atoms with E-state index in [0.29, 0.717) is 30.2 Å². The van der Waals surface area contributed by atoms with Gasteiger partial charge in [0.15, 0.2) is 5.82 Å². The lowest BCUT2D eigenvalue weighted by molar-refractivity contribution is -0.123. The Morgan fingerprint density at radius 1 is 1.30 bits per heavy atom. The maximum absolute atomic E-state index is 14.5. The van der Waals surface area contributed by atoms with Gasteiger partial charge in [0, 0.05) is 32.9 Å². The summed E-state index contributed by atoms with van der Waals surface area (Å²) >= 11 is 0. The number of nitrogens with one attached hydrogen (secondary N) is 1. The van der Waals surface area contributed by atoms with Crippen molar-refractivity contribution < 1.29 is 14.0 Å². The van der Waals surface area contributed by atoms with Crippen LogP contribution >= 0.6 is 0 Å². The molecule has 0 aromatic carbocycles. The minimum Gasteiger partial charge on any atom is -0.345 e. The van der Waals surface area contributed by atoms with E-state index in [1.807, 2.05) is 0 Å². The number of halogens is 1. The molecule has 1 aliphatic carbocycles. The van der Waals surface area contributed by atoms with Gasteiger partial charge in [-0.1, -0.05) is 0 Å². The van der Waals surface area contributed by atoms with Gasteiger partial charge in [-0.2, -0.15) is 5.26 Å². The number of pyridine rings is 2. The maximum Gasteiger partial charge on any atom is 0.254 e. The molecule has 2 fully saturated rings. The molecule has 0 radical (unpaired) electrons. The number of hydrogen-bond acceptors (Lipinski definition) is 6. The fraction of sp³-hybridized carbons (Fsp3) is 0.381. The van der Waals surface area contributed by atoms with Gasteiger partial charge in [0.25, 0.3) is 5.91 Å². The summed E-state index contributed by atoms with van der Waals surface area (Å²) in [6.45, 7) is 0.295. The van der Waals surface area contributed by atoms with Crippen LogP contribution in [-0.2, 0) is 4.79 Å². The van der Waals surface area contributed by atoms with E-state index in [4.69, 9.17) is 0 Å². The Balaban J connectivity index is 1.55. The number of carbonyl (C=O) groups excluding carboxylic acids is 2. The SMILES string of the molecule is CN(C)C(=O)c1ccc(Nc2cc(N3CC[C@@](C#N)(C4CC4)C3=O)c(F)cn2)nc1. The molecule has 2 aromatic heterocycles. The average Bonchev–Trinajstić information content (AvgIpc) is 3.54. The Morgan fingerprint density at radius 3 is 2.63 bits per heavy atom. The molecule has 1 saturated heterocycles. The number of nitriles is 1. The summed E-state index contributed by atoms with van der Waals surface area (Å²) in [4.78, 5) is 35.9. The topological polar surface area (TPSA) is 102 Å². The lowest BCUT2D eigenvalue weighted by Crippen LogP contribution is -2.35. The van der Waals surface area contributed by atoms with E-state index in [1.54, 1.807) is 26.2 Å². The fourth-order valence-corrected chi connectivity index (χ4v) is 3.80. The van der Waals surface area contributed by atoms with Gasteiger partial charge in [0.05, 0.1) is 23.5 Å². The van der Waals surface area contributed by atoms with E-state index >= 15 is 0 Å². The largest absolute Gasteiger partial charge is 0.345 e. The van der Waals surface area contributed by atoms with Crippen LogP contribution in [0.1, 0.15) is 29.6 Å². The van der Waals surface area contributed by atoms with Gasteiger partial charge in [-0.15, -0.1) is 0 Å². The van der Waals surface area contributed by atoms with Gasteiger partial charge in [0.1, 0.15) is 17.1 Å². The molecule has 2 aliphatic rings. The molecule has 4 rings (SSSR count). The molecule has 30 heavy (non-hydrogen) atoms. The minimum atomic E-state index is -1.04. The van der Waals surface area contributed by atoms with Crippen molar-refractivity contribution in [3.8, 4) is 6.07 Å². The zero-order valence-corrected chi connectivity index (χ0v) is 16.7. The van der Waals surface area contributed by atoms with Crippen LogP contribution in [0.4, 0.5) is 21.7 Å². The number of carbonyl (C=O) groups is 2. The minimum absolute atomic E-state index is 0.0649. The molecule has 1 N–H and O–H groups in total. The lowest BCUT2D eigenvalue weighted by Gasteiger charge is -2.21. The molecule has 1 atom stereocenters. The van der Waals surface area contributed by atoms with Gasteiger partial charge < -0.3 is 15.1 Å². The second-order valence-electron chi connectivity index (χ2n) is 7.84. The van der Waals surface area contributed by atoms with Crippen LogP contribution < -0.4 is 10.2 Å².